The number of amides is 2. The molecule has 3 fully saturated rings. The van der Waals surface area contributed by atoms with Gasteiger partial charge in [0.15, 0.2) is 5.69 Å². The van der Waals surface area contributed by atoms with Crippen molar-refractivity contribution in [3.63, 3.8) is 0 Å². The first-order valence-electron chi connectivity index (χ1n) is 11.9. The summed E-state index contributed by atoms with van der Waals surface area (Å²) >= 11 is 0. The van der Waals surface area contributed by atoms with E-state index in [9.17, 15) is 22.8 Å². The van der Waals surface area contributed by atoms with E-state index in [0.717, 1.165) is 36.7 Å². The maximum Gasteiger partial charge on any atom is 0.419 e. The average Bonchev–Trinajstić information content (AvgIpc) is 3.06. The minimum Gasteiger partial charge on any atom is -0.352 e. The molecule has 2 aromatic rings. The fraction of sp³-hybridized carbons (Fsp3) is 0.385. The zero-order valence-electron chi connectivity index (χ0n) is 20.2. The van der Waals surface area contributed by atoms with Crippen LogP contribution in [0.2, 0.25) is 0 Å². The molecule has 37 heavy (non-hydrogen) atoms. The standard InChI is InChI=1S/C26H25F3N6O2/c1-16-34(20-10-21(26(27,28)29)22(11-30)31-13-20)24(37)25(8-3-9-25)35(16)19-6-4-18(5-7-19)23(36)32-12-17-14-33(2)15-17/h4-7,10,13,17H,1,3,8-9,12,14-15H2,2H3,(H,32,36). The number of likely N-dealkylation sites (tertiary alicyclic amines) is 1. The van der Waals surface area contributed by atoms with E-state index >= 15 is 0 Å². The van der Waals surface area contributed by atoms with Gasteiger partial charge in [0.05, 0.1) is 17.4 Å². The summed E-state index contributed by atoms with van der Waals surface area (Å²) in [7, 11) is 2.02. The maximum atomic E-state index is 13.6. The topological polar surface area (TPSA) is 92.6 Å². The molecular formula is C26H25F3N6O2. The number of anilines is 2. The molecule has 11 heteroatoms. The number of nitrogens with zero attached hydrogens (tertiary/aromatic N) is 5. The van der Waals surface area contributed by atoms with Gasteiger partial charge in [0, 0.05) is 36.8 Å². The smallest absolute Gasteiger partial charge is 0.352 e. The van der Waals surface area contributed by atoms with Gasteiger partial charge >= 0.3 is 6.18 Å². The number of rotatable bonds is 5. The van der Waals surface area contributed by atoms with Gasteiger partial charge in [-0.1, -0.05) is 6.58 Å². The molecule has 5 rings (SSSR count). The van der Waals surface area contributed by atoms with Gasteiger partial charge in [-0.2, -0.15) is 18.4 Å². The second-order valence-electron chi connectivity index (χ2n) is 9.82. The van der Waals surface area contributed by atoms with Crippen molar-refractivity contribution in [3.05, 3.63) is 65.7 Å². The first-order chi connectivity index (χ1) is 17.5. The zero-order valence-corrected chi connectivity index (χ0v) is 20.2. The van der Waals surface area contributed by atoms with Gasteiger partial charge in [-0.25, -0.2) is 4.98 Å². The number of alkyl halides is 3. The second-order valence-corrected chi connectivity index (χ2v) is 9.82. The molecule has 3 aliphatic rings. The highest BCUT2D eigenvalue weighted by molar-refractivity contribution is 6.11. The van der Waals surface area contributed by atoms with Crippen LogP contribution in [0, 0.1) is 17.2 Å². The van der Waals surface area contributed by atoms with Gasteiger partial charge < -0.3 is 15.1 Å². The summed E-state index contributed by atoms with van der Waals surface area (Å²) in [5, 5.41) is 12.0. The molecule has 1 saturated carbocycles. The molecule has 0 unspecified atom stereocenters. The second kappa shape index (κ2) is 8.88. The van der Waals surface area contributed by atoms with E-state index in [1.165, 1.54) is 6.07 Å². The van der Waals surface area contributed by atoms with E-state index in [-0.39, 0.29) is 17.4 Å². The third kappa shape index (κ3) is 4.11. The van der Waals surface area contributed by atoms with E-state index in [0.29, 0.717) is 36.6 Å². The molecule has 192 valence electrons. The quantitative estimate of drug-likeness (QED) is 0.662. The molecule has 8 nitrogen and oxygen atoms in total. The molecule has 0 atom stereocenters. The van der Waals surface area contributed by atoms with Crippen molar-refractivity contribution in [2.24, 2.45) is 5.92 Å². The van der Waals surface area contributed by atoms with Gasteiger partial charge in [-0.15, -0.1) is 0 Å². The van der Waals surface area contributed by atoms with Crippen molar-refractivity contribution >= 4 is 23.2 Å². The minimum absolute atomic E-state index is 0.104. The minimum atomic E-state index is -4.81. The number of hydrogen-bond acceptors (Lipinski definition) is 6. The Kier molecular flexibility index (Phi) is 5.95. The van der Waals surface area contributed by atoms with Gasteiger partial charge in [-0.05, 0) is 56.6 Å². The highest BCUT2D eigenvalue weighted by Crippen LogP contribution is 2.50. The van der Waals surface area contributed by atoms with Crippen molar-refractivity contribution in [2.75, 3.05) is 36.5 Å². The molecule has 1 N–H and O–H groups in total. The lowest BCUT2D eigenvalue weighted by atomic mass is 9.75. The number of carbonyl (C=O) groups excluding carboxylic acids is 2. The Morgan fingerprint density at radius 2 is 1.92 bits per heavy atom. The first-order valence-corrected chi connectivity index (χ1v) is 11.9. The number of pyridine rings is 1. The Morgan fingerprint density at radius 3 is 2.46 bits per heavy atom. The number of halogens is 3. The molecule has 1 aromatic carbocycles. The van der Waals surface area contributed by atoms with E-state index < -0.39 is 28.9 Å². The molecule has 1 aromatic heterocycles. The lowest BCUT2D eigenvalue weighted by Gasteiger charge is -2.43. The zero-order chi connectivity index (χ0) is 26.5. The lowest BCUT2D eigenvalue weighted by Crippen LogP contribution is -2.54. The Hall–Kier alpha value is -3.91. The number of hydrogen-bond donors (Lipinski definition) is 1. The summed E-state index contributed by atoms with van der Waals surface area (Å²) in [6, 6.07) is 8.97. The fourth-order valence-corrected chi connectivity index (χ4v) is 5.32. The highest BCUT2D eigenvalue weighted by Gasteiger charge is 2.59. The van der Waals surface area contributed by atoms with E-state index in [4.69, 9.17) is 5.26 Å². The van der Waals surface area contributed by atoms with Crippen molar-refractivity contribution in [3.8, 4) is 6.07 Å². The summed E-state index contributed by atoms with van der Waals surface area (Å²) in [5.74, 6) is 0.0400. The monoisotopic (exact) mass is 510 g/mol. The summed E-state index contributed by atoms with van der Waals surface area (Å²) < 4.78 is 40.6. The van der Waals surface area contributed by atoms with E-state index in [1.54, 1.807) is 29.2 Å². The van der Waals surface area contributed by atoms with Gasteiger partial charge in [-0.3, -0.25) is 14.5 Å². The number of carbonyl (C=O) groups is 2. The molecule has 2 amide bonds. The van der Waals surface area contributed by atoms with Crippen LogP contribution in [-0.2, 0) is 11.0 Å². The number of nitriles is 1. The number of aromatic nitrogens is 1. The highest BCUT2D eigenvalue weighted by atomic mass is 19.4. The van der Waals surface area contributed by atoms with Crippen LogP contribution in [-0.4, -0.2) is 53.9 Å². The van der Waals surface area contributed by atoms with E-state index in [2.05, 4.69) is 21.8 Å². The SMILES string of the molecule is C=C1N(c2cnc(C#N)c(C(F)(F)F)c2)C(=O)C2(CCC2)N1c1ccc(C(=O)NCC2CN(C)C2)cc1. The molecule has 0 bridgehead atoms. The molecule has 3 heterocycles. The molecule has 2 aliphatic heterocycles. The Balaban J connectivity index is 1.41. The van der Waals surface area contributed by atoms with Crippen LogP contribution in [0.3, 0.4) is 0 Å². The predicted molar refractivity (Wildman–Crippen MR) is 129 cm³/mol. The number of benzene rings is 1. The van der Waals surface area contributed by atoms with Gasteiger partial charge in [0.25, 0.3) is 11.8 Å². The molecule has 0 radical (unpaired) electrons. The van der Waals surface area contributed by atoms with Crippen LogP contribution in [0.1, 0.15) is 40.9 Å². The van der Waals surface area contributed by atoms with Crippen molar-refractivity contribution in [2.45, 2.75) is 31.0 Å². The Bertz CT molecular complexity index is 1310. The Morgan fingerprint density at radius 1 is 1.24 bits per heavy atom. The first kappa shape index (κ1) is 24.8. The molecular weight excluding hydrogens is 485 g/mol. The predicted octanol–water partition coefficient (Wildman–Crippen LogP) is 3.51. The fourth-order valence-electron chi connectivity index (χ4n) is 5.32. The lowest BCUT2D eigenvalue weighted by molar-refractivity contribution is -0.138. The van der Waals surface area contributed by atoms with Crippen LogP contribution in [0.25, 0.3) is 0 Å². The third-order valence-electron chi connectivity index (χ3n) is 7.35. The van der Waals surface area contributed by atoms with Crippen LogP contribution < -0.4 is 15.1 Å². The number of nitrogens with one attached hydrogen (secondary N) is 1. The van der Waals surface area contributed by atoms with E-state index in [1.807, 2.05) is 7.05 Å². The average molecular weight is 511 g/mol. The molecule has 1 aliphatic carbocycles. The van der Waals surface area contributed by atoms with Gasteiger partial charge in [0.1, 0.15) is 17.4 Å². The summed E-state index contributed by atoms with van der Waals surface area (Å²) in [6.45, 7) is 6.52. The third-order valence-corrected chi connectivity index (χ3v) is 7.35. The Labute approximate surface area is 212 Å². The summed E-state index contributed by atoms with van der Waals surface area (Å²) in [4.78, 5) is 34.9. The summed E-state index contributed by atoms with van der Waals surface area (Å²) in [6.07, 6.45) is -1.93. The van der Waals surface area contributed by atoms with Crippen LogP contribution in [0.15, 0.2) is 48.9 Å². The van der Waals surface area contributed by atoms with Crippen LogP contribution in [0.4, 0.5) is 24.5 Å². The van der Waals surface area contributed by atoms with Crippen LogP contribution >= 0.6 is 0 Å². The molecule has 1 spiro atoms. The normalized spacial score (nSPS) is 19.5. The van der Waals surface area contributed by atoms with Gasteiger partial charge in [0.2, 0.25) is 0 Å². The van der Waals surface area contributed by atoms with Crippen molar-refractivity contribution in [1.29, 1.82) is 5.26 Å². The van der Waals surface area contributed by atoms with Crippen LogP contribution in [0.5, 0.6) is 0 Å². The molecule has 2 saturated heterocycles. The van der Waals surface area contributed by atoms with Crippen molar-refractivity contribution < 1.29 is 22.8 Å². The maximum absolute atomic E-state index is 13.6. The summed E-state index contributed by atoms with van der Waals surface area (Å²) in [5.41, 5.74) is -1.97. The van der Waals surface area contributed by atoms with Crippen molar-refractivity contribution in [1.82, 2.24) is 15.2 Å². The largest absolute Gasteiger partial charge is 0.419 e.